The molecule has 4 aromatic carbocycles. The largest absolute Gasteiger partial charge is 0.497 e. The SMILES string of the molecule is COc1cc(C#Cc2ccc3ccc(C#Cc4ccc(OC)c(OC)c4)cc3c2)cc(OC)c1. The van der Waals surface area contributed by atoms with Crippen molar-refractivity contribution in [3.8, 4) is 46.7 Å². The van der Waals surface area contributed by atoms with Crippen LogP contribution in [0.5, 0.6) is 23.0 Å². The zero-order chi connectivity index (χ0) is 23.9. The molecule has 0 saturated heterocycles. The Labute approximate surface area is 200 Å². The van der Waals surface area contributed by atoms with E-state index < -0.39 is 0 Å². The second-order valence-electron chi connectivity index (χ2n) is 7.45. The highest BCUT2D eigenvalue weighted by Crippen LogP contribution is 2.27. The molecule has 0 amide bonds. The van der Waals surface area contributed by atoms with Crippen LogP contribution >= 0.6 is 0 Å². The molecule has 4 heteroatoms. The zero-order valence-electron chi connectivity index (χ0n) is 19.6. The van der Waals surface area contributed by atoms with Gasteiger partial charge in [-0.15, -0.1) is 0 Å². The Morgan fingerprint density at radius 1 is 0.412 bits per heavy atom. The van der Waals surface area contributed by atoms with Gasteiger partial charge in [-0.25, -0.2) is 0 Å². The molecule has 0 bridgehead atoms. The van der Waals surface area contributed by atoms with Gasteiger partial charge in [0.25, 0.3) is 0 Å². The van der Waals surface area contributed by atoms with Gasteiger partial charge in [-0.05, 0) is 65.4 Å². The molecule has 34 heavy (non-hydrogen) atoms. The van der Waals surface area contributed by atoms with Crippen LogP contribution in [0.1, 0.15) is 22.3 Å². The Bertz CT molecular complexity index is 1440. The van der Waals surface area contributed by atoms with Crippen LogP contribution < -0.4 is 18.9 Å². The fraction of sp³-hybridized carbons (Fsp3) is 0.133. The summed E-state index contributed by atoms with van der Waals surface area (Å²) >= 11 is 0. The monoisotopic (exact) mass is 448 g/mol. The summed E-state index contributed by atoms with van der Waals surface area (Å²) in [4.78, 5) is 0. The van der Waals surface area contributed by atoms with Crippen molar-refractivity contribution >= 4 is 10.8 Å². The van der Waals surface area contributed by atoms with Crippen molar-refractivity contribution < 1.29 is 18.9 Å². The molecule has 4 nitrogen and oxygen atoms in total. The standard InChI is InChI=1S/C30H24O4/c1-31-27-17-24(18-28(20-27)32-2)8-7-22-10-13-25-12-9-21(15-26(25)16-22)5-6-23-11-14-29(33-3)30(19-23)34-4/h9-20H,1-4H3. The minimum atomic E-state index is 0.657. The van der Waals surface area contributed by atoms with Crippen LogP contribution in [-0.2, 0) is 0 Å². The van der Waals surface area contributed by atoms with Gasteiger partial charge >= 0.3 is 0 Å². The van der Waals surface area contributed by atoms with Gasteiger partial charge in [-0.1, -0.05) is 35.8 Å². The van der Waals surface area contributed by atoms with E-state index >= 15 is 0 Å². The van der Waals surface area contributed by atoms with Gasteiger partial charge in [0.2, 0.25) is 0 Å². The Hall–Kier alpha value is -4.54. The molecule has 0 fully saturated rings. The molecular weight excluding hydrogens is 424 g/mol. The molecule has 0 saturated carbocycles. The van der Waals surface area contributed by atoms with Crippen molar-refractivity contribution in [3.63, 3.8) is 0 Å². The van der Waals surface area contributed by atoms with E-state index in [0.29, 0.717) is 23.0 Å². The van der Waals surface area contributed by atoms with E-state index in [1.165, 1.54) is 0 Å². The fourth-order valence-electron chi connectivity index (χ4n) is 3.48. The maximum absolute atomic E-state index is 5.36. The summed E-state index contributed by atoms with van der Waals surface area (Å²) in [5, 5.41) is 2.21. The van der Waals surface area contributed by atoms with Crippen molar-refractivity contribution in [2.24, 2.45) is 0 Å². The summed E-state index contributed by atoms with van der Waals surface area (Å²) in [6.07, 6.45) is 0. The van der Waals surface area contributed by atoms with E-state index in [4.69, 9.17) is 18.9 Å². The Morgan fingerprint density at radius 3 is 1.44 bits per heavy atom. The number of rotatable bonds is 4. The van der Waals surface area contributed by atoms with E-state index in [1.54, 1.807) is 28.4 Å². The molecule has 4 rings (SSSR count). The lowest BCUT2D eigenvalue weighted by molar-refractivity contribution is 0.355. The molecule has 0 atom stereocenters. The van der Waals surface area contributed by atoms with Crippen molar-refractivity contribution in [2.45, 2.75) is 0 Å². The van der Waals surface area contributed by atoms with Crippen molar-refractivity contribution in [1.29, 1.82) is 0 Å². The van der Waals surface area contributed by atoms with Crippen LogP contribution in [0.3, 0.4) is 0 Å². The Kier molecular flexibility index (Phi) is 6.92. The first-order valence-corrected chi connectivity index (χ1v) is 10.6. The van der Waals surface area contributed by atoms with Gasteiger partial charge in [0, 0.05) is 28.3 Å². The van der Waals surface area contributed by atoms with Gasteiger partial charge in [-0.2, -0.15) is 0 Å². The summed E-state index contributed by atoms with van der Waals surface area (Å²) in [6.45, 7) is 0. The van der Waals surface area contributed by atoms with Crippen LogP contribution in [0.25, 0.3) is 10.8 Å². The first-order chi connectivity index (χ1) is 16.6. The predicted molar refractivity (Wildman–Crippen MR) is 135 cm³/mol. The molecule has 0 heterocycles. The molecular formula is C30H24O4. The molecule has 0 N–H and O–H groups in total. The average molecular weight is 449 g/mol. The molecule has 0 aliphatic carbocycles. The Morgan fingerprint density at radius 2 is 0.912 bits per heavy atom. The molecule has 4 aromatic rings. The Balaban J connectivity index is 1.62. The normalized spacial score (nSPS) is 9.88. The first-order valence-electron chi connectivity index (χ1n) is 10.6. The smallest absolute Gasteiger partial charge is 0.161 e. The van der Waals surface area contributed by atoms with Gasteiger partial charge in [0.15, 0.2) is 11.5 Å². The van der Waals surface area contributed by atoms with E-state index in [9.17, 15) is 0 Å². The highest BCUT2D eigenvalue weighted by Gasteiger charge is 2.03. The van der Waals surface area contributed by atoms with E-state index in [-0.39, 0.29) is 0 Å². The zero-order valence-corrected chi connectivity index (χ0v) is 19.6. The average Bonchev–Trinajstić information content (AvgIpc) is 2.89. The van der Waals surface area contributed by atoms with E-state index in [1.807, 2.05) is 48.5 Å². The van der Waals surface area contributed by atoms with Crippen LogP contribution in [0, 0.1) is 23.7 Å². The second kappa shape index (κ2) is 10.4. The fourth-order valence-corrected chi connectivity index (χ4v) is 3.48. The topological polar surface area (TPSA) is 36.9 Å². The lowest BCUT2D eigenvalue weighted by atomic mass is 10.0. The third kappa shape index (κ3) is 5.26. The van der Waals surface area contributed by atoms with Crippen LogP contribution in [0.15, 0.2) is 72.8 Å². The van der Waals surface area contributed by atoms with Crippen molar-refractivity contribution in [2.75, 3.05) is 28.4 Å². The first kappa shape index (κ1) is 22.6. The van der Waals surface area contributed by atoms with Crippen LogP contribution in [-0.4, -0.2) is 28.4 Å². The third-order valence-corrected chi connectivity index (χ3v) is 5.28. The molecule has 0 spiro atoms. The summed E-state index contributed by atoms with van der Waals surface area (Å²) in [6, 6.07) is 23.5. The van der Waals surface area contributed by atoms with Crippen LogP contribution in [0.4, 0.5) is 0 Å². The number of fused-ring (bicyclic) bond motifs is 1. The van der Waals surface area contributed by atoms with Gasteiger partial charge < -0.3 is 18.9 Å². The highest BCUT2D eigenvalue weighted by molar-refractivity contribution is 5.85. The molecule has 0 aliphatic heterocycles. The summed E-state index contributed by atoms with van der Waals surface area (Å²) in [7, 11) is 6.48. The minimum absolute atomic E-state index is 0.657. The number of hydrogen-bond acceptors (Lipinski definition) is 4. The molecule has 0 aromatic heterocycles. The lowest BCUT2D eigenvalue weighted by Gasteiger charge is -2.06. The predicted octanol–water partition coefficient (Wildman–Crippen LogP) is 5.67. The van der Waals surface area contributed by atoms with Gasteiger partial charge in [0.05, 0.1) is 28.4 Å². The quantitative estimate of drug-likeness (QED) is 0.377. The maximum atomic E-state index is 5.36. The summed E-state index contributed by atoms with van der Waals surface area (Å²) < 4.78 is 21.3. The summed E-state index contributed by atoms with van der Waals surface area (Å²) in [5.41, 5.74) is 3.51. The van der Waals surface area contributed by atoms with Gasteiger partial charge in [0.1, 0.15) is 11.5 Å². The van der Waals surface area contributed by atoms with E-state index in [2.05, 4.69) is 47.9 Å². The third-order valence-electron chi connectivity index (χ3n) is 5.28. The van der Waals surface area contributed by atoms with E-state index in [0.717, 1.165) is 33.0 Å². The summed E-state index contributed by atoms with van der Waals surface area (Å²) in [5.74, 6) is 15.6. The van der Waals surface area contributed by atoms with Crippen molar-refractivity contribution in [1.82, 2.24) is 0 Å². The van der Waals surface area contributed by atoms with Crippen molar-refractivity contribution in [3.05, 3.63) is 95.1 Å². The molecule has 0 aliphatic rings. The highest BCUT2D eigenvalue weighted by atomic mass is 16.5. The molecule has 168 valence electrons. The number of hydrogen-bond donors (Lipinski definition) is 0. The van der Waals surface area contributed by atoms with Gasteiger partial charge in [-0.3, -0.25) is 0 Å². The second-order valence-corrected chi connectivity index (χ2v) is 7.45. The maximum Gasteiger partial charge on any atom is 0.161 e. The number of benzene rings is 4. The lowest BCUT2D eigenvalue weighted by Crippen LogP contribution is -1.90. The number of ether oxygens (including phenoxy) is 4. The number of methoxy groups -OCH3 is 4. The minimum Gasteiger partial charge on any atom is -0.497 e. The molecule has 0 unspecified atom stereocenters. The van der Waals surface area contributed by atoms with Crippen LogP contribution in [0.2, 0.25) is 0 Å². The molecule has 0 radical (unpaired) electrons.